The first-order valence-corrected chi connectivity index (χ1v) is 10.4. The molecule has 0 aliphatic rings. The number of nitrogens with zero attached hydrogens (tertiary/aromatic N) is 4. The molecule has 0 saturated heterocycles. The second kappa shape index (κ2) is 7.99. The molecule has 0 unspecified atom stereocenters. The Morgan fingerprint density at radius 2 is 1.96 bits per heavy atom. The van der Waals surface area contributed by atoms with Gasteiger partial charge in [0.25, 0.3) is 15.7 Å². The largest absolute Gasteiger partial charge is 0.289 e. The van der Waals surface area contributed by atoms with E-state index in [1.807, 2.05) is 5.38 Å². The lowest BCUT2D eigenvalue weighted by molar-refractivity contribution is -0.387. The highest BCUT2D eigenvalue weighted by Gasteiger charge is 2.31. The zero-order valence-corrected chi connectivity index (χ0v) is 16.1. The van der Waals surface area contributed by atoms with E-state index in [1.54, 1.807) is 5.51 Å². The Kier molecular flexibility index (Phi) is 5.68. The smallest absolute Gasteiger partial charge is 0.264 e. The summed E-state index contributed by atoms with van der Waals surface area (Å²) in [5, 5.41) is 13.3. The Balaban J connectivity index is 2.05. The van der Waals surface area contributed by atoms with Crippen LogP contribution >= 0.6 is 22.9 Å². The van der Waals surface area contributed by atoms with Gasteiger partial charge < -0.3 is 0 Å². The molecule has 0 N–H and O–H groups in total. The highest BCUT2D eigenvalue weighted by Crippen LogP contribution is 2.30. The molecule has 0 fully saturated rings. The highest BCUT2D eigenvalue weighted by molar-refractivity contribution is 7.93. The lowest BCUT2D eigenvalue weighted by Crippen LogP contribution is -2.33. The monoisotopic (exact) mass is 424 g/mol. The number of para-hydroxylation sites is 1. The molecule has 0 bridgehead atoms. The lowest BCUT2D eigenvalue weighted by Gasteiger charge is -2.23. The van der Waals surface area contributed by atoms with E-state index in [9.17, 15) is 18.5 Å². The summed E-state index contributed by atoms with van der Waals surface area (Å²) >= 11 is 7.20. The molecule has 0 aliphatic heterocycles. The average Bonchev–Trinajstić information content (AvgIpc) is 3.16. The summed E-state index contributed by atoms with van der Waals surface area (Å²) < 4.78 is 27.6. The van der Waals surface area contributed by atoms with Crippen molar-refractivity contribution in [3.05, 3.63) is 74.4 Å². The second-order valence-corrected chi connectivity index (χ2v) is 8.31. The van der Waals surface area contributed by atoms with Gasteiger partial charge >= 0.3 is 0 Å². The second-order valence-electron chi connectivity index (χ2n) is 5.37. The van der Waals surface area contributed by atoms with Gasteiger partial charge in [-0.25, -0.2) is 18.4 Å². The van der Waals surface area contributed by atoms with Gasteiger partial charge in [-0.15, -0.1) is 11.3 Å². The van der Waals surface area contributed by atoms with Crippen LogP contribution in [0.15, 0.2) is 58.4 Å². The van der Waals surface area contributed by atoms with Crippen LogP contribution in [0, 0.1) is 10.1 Å². The minimum Gasteiger partial charge on any atom is -0.264 e. The number of nitro groups is 1. The first-order valence-electron chi connectivity index (χ1n) is 7.64. The number of anilines is 1. The van der Waals surface area contributed by atoms with E-state index in [0.29, 0.717) is 6.42 Å². The molecule has 140 valence electrons. The number of rotatable bonds is 7. The van der Waals surface area contributed by atoms with Crippen LogP contribution in [-0.4, -0.2) is 29.9 Å². The van der Waals surface area contributed by atoms with Crippen molar-refractivity contribution in [1.29, 1.82) is 0 Å². The van der Waals surface area contributed by atoms with E-state index >= 15 is 0 Å². The summed E-state index contributed by atoms with van der Waals surface area (Å²) in [6.07, 6.45) is 1.65. The molecular weight excluding hydrogens is 412 g/mol. The molecule has 8 nitrogen and oxygen atoms in total. The molecule has 11 heteroatoms. The van der Waals surface area contributed by atoms with Gasteiger partial charge in [0.1, 0.15) is 5.15 Å². The van der Waals surface area contributed by atoms with Crippen molar-refractivity contribution < 1.29 is 13.3 Å². The number of pyridine rings is 1. The molecule has 0 saturated carbocycles. The van der Waals surface area contributed by atoms with Gasteiger partial charge in [0, 0.05) is 24.4 Å². The van der Waals surface area contributed by atoms with Crippen molar-refractivity contribution in [2.45, 2.75) is 11.3 Å². The Morgan fingerprint density at radius 1 is 1.19 bits per heavy atom. The molecule has 0 spiro atoms. The fourth-order valence-electron chi connectivity index (χ4n) is 2.43. The van der Waals surface area contributed by atoms with Gasteiger partial charge in [0.15, 0.2) is 4.90 Å². The number of thiazole rings is 1. The van der Waals surface area contributed by atoms with Crippen LogP contribution in [-0.2, 0) is 16.4 Å². The Morgan fingerprint density at radius 3 is 2.59 bits per heavy atom. The third-order valence-corrected chi connectivity index (χ3v) is 6.42. The number of nitro benzene ring substituents is 1. The topological polar surface area (TPSA) is 106 Å². The standard InChI is InChI=1S/C16H13ClN4O4S2/c17-16-6-5-13(9-18-16)20(8-7-12-10-26-11-19-12)27(24,25)15-4-2-1-3-14(15)21(22)23/h1-6,9-11H,7-8H2. The number of benzene rings is 1. The number of hydrogen-bond acceptors (Lipinski definition) is 7. The molecule has 2 heterocycles. The predicted molar refractivity (Wildman–Crippen MR) is 103 cm³/mol. The molecule has 27 heavy (non-hydrogen) atoms. The van der Waals surface area contributed by atoms with Gasteiger partial charge in [0.2, 0.25) is 0 Å². The van der Waals surface area contributed by atoms with Crippen LogP contribution in [0.2, 0.25) is 5.15 Å². The van der Waals surface area contributed by atoms with Crippen LogP contribution in [0.4, 0.5) is 11.4 Å². The van der Waals surface area contributed by atoms with Gasteiger partial charge in [-0.2, -0.15) is 0 Å². The van der Waals surface area contributed by atoms with E-state index in [1.165, 1.54) is 47.9 Å². The number of hydrogen-bond donors (Lipinski definition) is 0. The van der Waals surface area contributed by atoms with E-state index in [0.717, 1.165) is 16.1 Å². The number of halogens is 1. The van der Waals surface area contributed by atoms with E-state index < -0.39 is 20.6 Å². The lowest BCUT2D eigenvalue weighted by atomic mass is 10.3. The first-order chi connectivity index (χ1) is 12.9. The molecule has 0 atom stereocenters. The van der Waals surface area contributed by atoms with Crippen LogP contribution < -0.4 is 4.31 Å². The molecule has 2 aromatic heterocycles. The zero-order valence-electron chi connectivity index (χ0n) is 13.7. The molecule has 0 radical (unpaired) electrons. The maximum atomic E-state index is 13.2. The SMILES string of the molecule is O=[N+]([O-])c1ccccc1S(=O)(=O)N(CCc1cscn1)c1ccc(Cl)nc1. The zero-order chi connectivity index (χ0) is 19.4. The highest BCUT2D eigenvalue weighted by atomic mass is 35.5. The summed E-state index contributed by atoms with van der Waals surface area (Å²) in [4.78, 5) is 18.3. The van der Waals surface area contributed by atoms with E-state index in [-0.39, 0.29) is 22.3 Å². The van der Waals surface area contributed by atoms with Crippen molar-refractivity contribution in [1.82, 2.24) is 9.97 Å². The maximum absolute atomic E-state index is 13.2. The Bertz CT molecular complexity index is 1040. The van der Waals surface area contributed by atoms with Crippen LogP contribution in [0.3, 0.4) is 0 Å². The Labute approximate surface area is 164 Å². The molecule has 3 rings (SSSR count). The van der Waals surface area contributed by atoms with Crippen molar-refractivity contribution >= 4 is 44.3 Å². The fourth-order valence-corrected chi connectivity index (χ4v) is 4.74. The van der Waals surface area contributed by atoms with Gasteiger partial charge in [-0.05, 0) is 18.2 Å². The van der Waals surface area contributed by atoms with E-state index in [4.69, 9.17) is 11.6 Å². The van der Waals surface area contributed by atoms with Crippen LogP contribution in [0.25, 0.3) is 0 Å². The number of aromatic nitrogens is 2. The molecular formula is C16H13ClN4O4S2. The summed E-state index contributed by atoms with van der Waals surface area (Å²) in [5.74, 6) is 0. The summed E-state index contributed by atoms with van der Waals surface area (Å²) in [7, 11) is -4.21. The minimum atomic E-state index is -4.21. The van der Waals surface area contributed by atoms with E-state index in [2.05, 4.69) is 9.97 Å². The van der Waals surface area contributed by atoms with Crippen molar-refractivity contribution in [2.75, 3.05) is 10.8 Å². The molecule has 0 amide bonds. The quantitative estimate of drug-likeness (QED) is 0.326. The summed E-state index contributed by atoms with van der Waals surface area (Å²) in [6.45, 7) is 0.0431. The van der Waals surface area contributed by atoms with Crippen LogP contribution in [0.5, 0.6) is 0 Å². The third-order valence-electron chi connectivity index (χ3n) is 3.68. The average molecular weight is 425 g/mol. The fraction of sp³-hybridized carbons (Fsp3) is 0.125. The summed E-state index contributed by atoms with van der Waals surface area (Å²) in [5.41, 5.74) is 2.15. The normalized spacial score (nSPS) is 11.3. The van der Waals surface area contributed by atoms with Gasteiger partial charge in [-0.1, -0.05) is 23.7 Å². The molecule has 0 aliphatic carbocycles. The molecule has 3 aromatic rings. The maximum Gasteiger partial charge on any atom is 0.289 e. The van der Waals surface area contributed by atoms with Gasteiger partial charge in [0.05, 0.1) is 28.0 Å². The van der Waals surface area contributed by atoms with Crippen molar-refractivity contribution in [3.8, 4) is 0 Å². The summed E-state index contributed by atoms with van der Waals surface area (Å²) in [6, 6.07) is 8.20. The third kappa shape index (κ3) is 4.24. The minimum absolute atomic E-state index is 0.0431. The number of sulfonamides is 1. The molecule has 1 aromatic carbocycles. The Hall–Kier alpha value is -2.56. The van der Waals surface area contributed by atoms with Gasteiger partial charge in [-0.3, -0.25) is 14.4 Å². The first kappa shape index (κ1) is 19.2. The van der Waals surface area contributed by atoms with Crippen LogP contribution in [0.1, 0.15) is 5.69 Å². The van der Waals surface area contributed by atoms with Crippen molar-refractivity contribution in [2.24, 2.45) is 0 Å². The van der Waals surface area contributed by atoms with Crippen molar-refractivity contribution in [3.63, 3.8) is 0 Å². The predicted octanol–water partition coefficient (Wildman–Crippen LogP) is 3.54.